The Morgan fingerprint density at radius 2 is 2.00 bits per heavy atom. The number of benzene rings is 1. The molecule has 0 heterocycles. The van der Waals surface area contributed by atoms with Crippen LogP contribution in [0.1, 0.15) is 13.3 Å². The molecule has 0 aromatic heterocycles. The van der Waals surface area contributed by atoms with E-state index in [0.29, 0.717) is 35.1 Å². The maximum Gasteiger partial charge on any atom is 0.197 e. The van der Waals surface area contributed by atoms with Gasteiger partial charge in [0.05, 0.1) is 34.4 Å². The van der Waals surface area contributed by atoms with Crippen molar-refractivity contribution in [3.8, 4) is 5.75 Å². The van der Waals surface area contributed by atoms with Crippen molar-refractivity contribution in [3.05, 3.63) is 35.4 Å². The van der Waals surface area contributed by atoms with E-state index in [-0.39, 0.29) is 10.8 Å². The van der Waals surface area contributed by atoms with Crippen LogP contribution in [0.5, 0.6) is 5.75 Å². The number of aliphatic imine (C=N–C) groups is 1. The second-order valence-corrected chi connectivity index (χ2v) is 4.93. The van der Waals surface area contributed by atoms with Crippen LogP contribution >= 0.6 is 11.6 Å². The van der Waals surface area contributed by atoms with Gasteiger partial charge >= 0.3 is 0 Å². The van der Waals surface area contributed by atoms with Crippen LogP contribution in [-0.4, -0.2) is 18.1 Å². The smallest absolute Gasteiger partial charge is 0.197 e. The Hall–Kier alpha value is -2.27. The predicted molar refractivity (Wildman–Crippen MR) is 86.2 cm³/mol. The lowest BCUT2D eigenvalue weighted by atomic mass is 10.1. The second-order valence-electron chi connectivity index (χ2n) is 4.52. The molecule has 0 fully saturated rings. The summed E-state index contributed by atoms with van der Waals surface area (Å²) in [6.45, 7) is 2.57. The van der Waals surface area contributed by atoms with Crippen LogP contribution in [0.15, 0.2) is 40.4 Å². The number of hydrogen-bond donors (Lipinski definition) is 2. The summed E-state index contributed by atoms with van der Waals surface area (Å²) in [6, 6.07) is 3.28. The Morgan fingerprint density at radius 3 is 2.67 bits per heavy atom. The van der Waals surface area contributed by atoms with Crippen molar-refractivity contribution in [1.82, 2.24) is 0 Å². The van der Waals surface area contributed by atoms with Gasteiger partial charge in [-0.25, -0.2) is 4.99 Å². The first-order chi connectivity index (χ1) is 10.0. The number of carbonyl (C=O) groups excluding carboxylic acids is 1. The van der Waals surface area contributed by atoms with E-state index in [1.54, 1.807) is 18.2 Å². The minimum Gasteiger partial charge on any atom is -0.491 e. The first-order valence-corrected chi connectivity index (χ1v) is 6.89. The number of hydrogen-bond acceptors (Lipinski definition) is 5. The number of allylic oxidation sites excluding steroid dienone is 4. The highest BCUT2D eigenvalue weighted by Gasteiger charge is 2.11. The van der Waals surface area contributed by atoms with Crippen molar-refractivity contribution in [2.75, 3.05) is 18.1 Å². The molecule has 0 saturated heterocycles. The van der Waals surface area contributed by atoms with E-state index in [0.717, 1.165) is 6.42 Å². The number of nitrogen functional groups attached to an aromatic ring is 2. The maximum atomic E-state index is 11.3. The van der Waals surface area contributed by atoms with Crippen LogP contribution in [0.3, 0.4) is 0 Å². The Labute approximate surface area is 127 Å². The molecule has 0 spiro atoms. The molecular formula is C15H16ClN3O2. The topological polar surface area (TPSA) is 90.7 Å². The van der Waals surface area contributed by atoms with Gasteiger partial charge in [-0.1, -0.05) is 18.5 Å². The molecule has 1 aliphatic rings. The summed E-state index contributed by atoms with van der Waals surface area (Å²) in [6.07, 6.45) is 5.31. The molecule has 0 unspecified atom stereocenters. The largest absolute Gasteiger partial charge is 0.491 e. The van der Waals surface area contributed by atoms with Gasteiger partial charge in [0, 0.05) is 6.07 Å². The molecule has 0 radical (unpaired) electrons. The van der Waals surface area contributed by atoms with Gasteiger partial charge in [-0.2, -0.15) is 0 Å². The summed E-state index contributed by atoms with van der Waals surface area (Å²) in [7, 11) is 0. The SMILES string of the molecule is CCCOc1cc(N=C2C=CC(=O)C(Cl)=C2)c(N)cc1N. The van der Waals surface area contributed by atoms with E-state index < -0.39 is 0 Å². The van der Waals surface area contributed by atoms with Gasteiger partial charge in [-0.15, -0.1) is 0 Å². The number of ketones is 1. The van der Waals surface area contributed by atoms with E-state index in [1.165, 1.54) is 12.2 Å². The number of anilines is 2. The van der Waals surface area contributed by atoms with Gasteiger partial charge in [0.1, 0.15) is 5.75 Å². The van der Waals surface area contributed by atoms with Gasteiger partial charge in [0.25, 0.3) is 0 Å². The molecule has 1 aliphatic carbocycles. The summed E-state index contributed by atoms with van der Waals surface area (Å²) >= 11 is 5.80. The highest BCUT2D eigenvalue weighted by atomic mass is 35.5. The molecule has 1 aromatic carbocycles. The minimum atomic E-state index is -0.243. The Morgan fingerprint density at radius 1 is 1.24 bits per heavy atom. The fraction of sp³-hybridized carbons (Fsp3) is 0.200. The maximum absolute atomic E-state index is 11.3. The van der Waals surface area contributed by atoms with E-state index in [9.17, 15) is 4.79 Å². The zero-order valence-corrected chi connectivity index (χ0v) is 12.4. The van der Waals surface area contributed by atoms with Crippen LogP contribution in [0.25, 0.3) is 0 Å². The molecule has 0 amide bonds. The summed E-state index contributed by atoms with van der Waals surface area (Å²) < 4.78 is 5.55. The van der Waals surface area contributed by atoms with Gasteiger partial charge in [-0.05, 0) is 30.7 Å². The molecule has 6 heteroatoms. The quantitative estimate of drug-likeness (QED) is 0.661. The summed E-state index contributed by atoms with van der Waals surface area (Å²) in [5.41, 5.74) is 13.7. The van der Waals surface area contributed by atoms with Crippen molar-refractivity contribution >= 4 is 40.2 Å². The third kappa shape index (κ3) is 3.64. The fourth-order valence-electron chi connectivity index (χ4n) is 1.74. The summed E-state index contributed by atoms with van der Waals surface area (Å²) in [5, 5.41) is 0.118. The van der Waals surface area contributed by atoms with Gasteiger partial charge in [0.2, 0.25) is 0 Å². The van der Waals surface area contributed by atoms with E-state index in [1.807, 2.05) is 6.92 Å². The number of nitrogens with zero attached hydrogens (tertiary/aromatic N) is 1. The zero-order valence-electron chi connectivity index (χ0n) is 11.6. The van der Waals surface area contributed by atoms with Crippen LogP contribution in [0.4, 0.5) is 17.1 Å². The molecule has 0 bridgehead atoms. The molecule has 0 atom stereocenters. The molecule has 4 N–H and O–H groups in total. The number of ether oxygens (including phenoxy) is 1. The van der Waals surface area contributed by atoms with Crippen LogP contribution < -0.4 is 16.2 Å². The zero-order chi connectivity index (χ0) is 15.4. The van der Waals surface area contributed by atoms with E-state index in [4.69, 9.17) is 27.8 Å². The molecular weight excluding hydrogens is 290 g/mol. The molecule has 0 aliphatic heterocycles. The second kappa shape index (κ2) is 6.45. The number of halogens is 1. The summed E-state index contributed by atoms with van der Waals surface area (Å²) in [5.74, 6) is 0.296. The first kappa shape index (κ1) is 15.1. The molecule has 2 rings (SSSR count). The standard InChI is InChI=1S/C15H16ClN3O2/c1-2-5-21-15-8-13(11(17)7-12(15)18)19-9-3-4-14(20)10(16)6-9/h3-4,6-8H,2,5,17-18H2,1H3. The fourth-order valence-corrected chi connectivity index (χ4v) is 1.91. The molecule has 21 heavy (non-hydrogen) atoms. The highest BCUT2D eigenvalue weighted by Crippen LogP contribution is 2.33. The highest BCUT2D eigenvalue weighted by molar-refractivity contribution is 6.47. The minimum absolute atomic E-state index is 0.118. The number of nitrogens with two attached hydrogens (primary N) is 2. The number of carbonyl (C=O) groups is 1. The van der Waals surface area contributed by atoms with Crippen molar-refractivity contribution in [2.45, 2.75) is 13.3 Å². The lowest BCUT2D eigenvalue weighted by Crippen LogP contribution is -2.04. The molecule has 5 nitrogen and oxygen atoms in total. The Bertz CT molecular complexity index is 663. The van der Waals surface area contributed by atoms with E-state index >= 15 is 0 Å². The van der Waals surface area contributed by atoms with Gasteiger partial charge in [-0.3, -0.25) is 4.79 Å². The lowest BCUT2D eigenvalue weighted by molar-refractivity contribution is -0.110. The van der Waals surface area contributed by atoms with Gasteiger partial charge in [0.15, 0.2) is 5.78 Å². The average Bonchev–Trinajstić information content (AvgIpc) is 2.44. The summed E-state index contributed by atoms with van der Waals surface area (Å²) in [4.78, 5) is 15.6. The third-order valence-electron chi connectivity index (χ3n) is 2.79. The van der Waals surface area contributed by atoms with Gasteiger partial charge < -0.3 is 16.2 Å². The molecule has 110 valence electrons. The monoisotopic (exact) mass is 305 g/mol. The average molecular weight is 306 g/mol. The molecule has 1 aromatic rings. The predicted octanol–water partition coefficient (Wildman–Crippen LogP) is 2.97. The van der Waals surface area contributed by atoms with Crippen LogP contribution in [-0.2, 0) is 4.79 Å². The Balaban J connectivity index is 2.36. The lowest BCUT2D eigenvalue weighted by Gasteiger charge is -2.11. The first-order valence-electron chi connectivity index (χ1n) is 6.51. The van der Waals surface area contributed by atoms with Crippen LogP contribution in [0, 0.1) is 0 Å². The third-order valence-corrected chi connectivity index (χ3v) is 3.08. The van der Waals surface area contributed by atoms with Crippen LogP contribution in [0.2, 0.25) is 0 Å². The number of rotatable bonds is 4. The normalized spacial score (nSPS) is 16.2. The molecule has 0 saturated carbocycles. The van der Waals surface area contributed by atoms with Crippen molar-refractivity contribution in [1.29, 1.82) is 0 Å². The van der Waals surface area contributed by atoms with Crippen molar-refractivity contribution < 1.29 is 9.53 Å². The Kier molecular flexibility index (Phi) is 4.65. The van der Waals surface area contributed by atoms with Crippen molar-refractivity contribution in [2.24, 2.45) is 4.99 Å². The van der Waals surface area contributed by atoms with Crippen molar-refractivity contribution in [3.63, 3.8) is 0 Å². The van der Waals surface area contributed by atoms with E-state index in [2.05, 4.69) is 4.99 Å².